The Kier molecular flexibility index (Phi) is 6.50. The molecule has 1 amide bonds. The van der Waals surface area contributed by atoms with Crippen LogP contribution >= 0.6 is 0 Å². The van der Waals surface area contributed by atoms with Gasteiger partial charge < -0.3 is 10.4 Å². The average Bonchev–Trinajstić information content (AvgIpc) is 2.82. The van der Waals surface area contributed by atoms with Crippen LogP contribution in [0.5, 0.6) is 0 Å². The molecule has 1 aliphatic carbocycles. The van der Waals surface area contributed by atoms with Crippen molar-refractivity contribution in [3.05, 3.63) is 0 Å². The molecule has 1 aliphatic rings. The van der Waals surface area contributed by atoms with Crippen LogP contribution in [0.3, 0.4) is 0 Å². The minimum Gasteiger partial charge on any atom is -0.480 e. The van der Waals surface area contributed by atoms with Crippen LogP contribution in [0.15, 0.2) is 0 Å². The van der Waals surface area contributed by atoms with Crippen LogP contribution in [-0.2, 0) is 9.59 Å². The topological polar surface area (TPSA) is 66.4 Å². The number of amides is 1. The number of carboxylic acid groups (broad SMARTS) is 1. The lowest BCUT2D eigenvalue weighted by Gasteiger charge is -2.31. The maximum atomic E-state index is 12.6. The first-order chi connectivity index (χ1) is 9.41. The zero-order valence-corrected chi connectivity index (χ0v) is 13.1. The molecule has 0 spiro atoms. The molecular formula is C16H29NO3. The van der Waals surface area contributed by atoms with Gasteiger partial charge in [-0.2, -0.15) is 0 Å². The third-order valence-electron chi connectivity index (χ3n) is 4.29. The molecule has 0 aromatic rings. The largest absolute Gasteiger partial charge is 0.480 e. The number of carboxylic acids is 1. The fourth-order valence-corrected chi connectivity index (χ4v) is 3.33. The molecule has 0 aliphatic heterocycles. The molecule has 116 valence electrons. The summed E-state index contributed by atoms with van der Waals surface area (Å²) < 4.78 is 0. The predicted octanol–water partition coefficient (Wildman–Crippen LogP) is 3.35. The van der Waals surface area contributed by atoms with Gasteiger partial charge in [0.05, 0.1) is 0 Å². The number of rotatable bonds is 8. The maximum absolute atomic E-state index is 12.6. The van der Waals surface area contributed by atoms with Gasteiger partial charge in [0.25, 0.3) is 0 Å². The van der Waals surface area contributed by atoms with Gasteiger partial charge in [-0.15, -0.1) is 0 Å². The summed E-state index contributed by atoms with van der Waals surface area (Å²) in [7, 11) is 0. The molecule has 0 heterocycles. The molecule has 0 bridgehead atoms. The van der Waals surface area contributed by atoms with Crippen molar-refractivity contribution >= 4 is 11.9 Å². The summed E-state index contributed by atoms with van der Waals surface area (Å²) >= 11 is 0. The monoisotopic (exact) mass is 283 g/mol. The summed E-state index contributed by atoms with van der Waals surface area (Å²) in [5.41, 5.74) is -0.325. The number of aliphatic carboxylic acids is 1. The number of nitrogens with one attached hydrogen (secondary N) is 1. The number of hydrogen-bond donors (Lipinski definition) is 2. The molecule has 0 saturated heterocycles. The van der Waals surface area contributed by atoms with Crippen molar-refractivity contribution in [2.45, 2.75) is 78.2 Å². The highest BCUT2D eigenvalue weighted by Crippen LogP contribution is 2.43. The summed E-state index contributed by atoms with van der Waals surface area (Å²) in [4.78, 5) is 23.9. The number of carbonyl (C=O) groups excluding carboxylic acids is 1. The molecule has 1 saturated carbocycles. The lowest BCUT2D eigenvalue weighted by atomic mass is 9.77. The molecule has 1 unspecified atom stereocenters. The molecule has 1 fully saturated rings. The Morgan fingerprint density at radius 1 is 1.25 bits per heavy atom. The lowest BCUT2D eigenvalue weighted by molar-refractivity contribution is -0.144. The van der Waals surface area contributed by atoms with Gasteiger partial charge in [0.2, 0.25) is 5.91 Å². The van der Waals surface area contributed by atoms with E-state index in [4.69, 9.17) is 0 Å². The molecule has 4 nitrogen and oxygen atoms in total. The second-order valence-corrected chi connectivity index (χ2v) is 6.59. The van der Waals surface area contributed by atoms with E-state index in [0.717, 1.165) is 44.9 Å². The number of carbonyl (C=O) groups is 2. The molecule has 0 aromatic heterocycles. The van der Waals surface area contributed by atoms with Gasteiger partial charge >= 0.3 is 5.97 Å². The Labute approximate surface area is 122 Å². The van der Waals surface area contributed by atoms with Gasteiger partial charge in [-0.3, -0.25) is 4.79 Å². The predicted molar refractivity (Wildman–Crippen MR) is 79.4 cm³/mol. The smallest absolute Gasteiger partial charge is 0.326 e. The standard InChI is InChI=1S/C16H29NO3/c1-4-5-8-13(14(18)19)17-15(20)16(11-12(2)3)9-6-7-10-16/h12-13H,4-11H2,1-3H3,(H,17,20)(H,18,19). The van der Waals surface area contributed by atoms with Crippen molar-refractivity contribution in [3.63, 3.8) is 0 Å². The Morgan fingerprint density at radius 2 is 1.85 bits per heavy atom. The van der Waals surface area contributed by atoms with Crippen molar-refractivity contribution in [1.82, 2.24) is 5.32 Å². The van der Waals surface area contributed by atoms with Crippen LogP contribution in [0.4, 0.5) is 0 Å². The highest BCUT2D eigenvalue weighted by molar-refractivity contribution is 5.87. The van der Waals surface area contributed by atoms with Gasteiger partial charge in [0.15, 0.2) is 0 Å². The average molecular weight is 283 g/mol. The minimum absolute atomic E-state index is 0.0350. The van der Waals surface area contributed by atoms with Gasteiger partial charge in [-0.1, -0.05) is 46.5 Å². The third kappa shape index (κ3) is 4.50. The second kappa shape index (κ2) is 7.65. The van der Waals surface area contributed by atoms with E-state index in [-0.39, 0.29) is 11.3 Å². The molecule has 2 N–H and O–H groups in total. The molecule has 0 radical (unpaired) electrons. The quantitative estimate of drug-likeness (QED) is 0.718. The van der Waals surface area contributed by atoms with Crippen LogP contribution in [-0.4, -0.2) is 23.0 Å². The molecule has 0 aromatic carbocycles. The Morgan fingerprint density at radius 3 is 2.30 bits per heavy atom. The number of unbranched alkanes of at least 4 members (excludes halogenated alkanes) is 1. The summed E-state index contributed by atoms with van der Waals surface area (Å²) in [5.74, 6) is -0.491. The van der Waals surface area contributed by atoms with E-state index in [1.54, 1.807) is 0 Å². The molecular weight excluding hydrogens is 254 g/mol. The van der Waals surface area contributed by atoms with Gasteiger partial charge in [-0.05, 0) is 31.6 Å². The Bertz CT molecular complexity index is 333. The van der Waals surface area contributed by atoms with Crippen molar-refractivity contribution in [2.24, 2.45) is 11.3 Å². The molecule has 1 atom stereocenters. The van der Waals surface area contributed by atoms with E-state index >= 15 is 0 Å². The Hall–Kier alpha value is -1.06. The first-order valence-electron chi connectivity index (χ1n) is 7.95. The SMILES string of the molecule is CCCCC(NC(=O)C1(CC(C)C)CCCC1)C(=O)O. The van der Waals surface area contributed by atoms with E-state index in [1.807, 2.05) is 6.92 Å². The van der Waals surface area contributed by atoms with E-state index in [2.05, 4.69) is 19.2 Å². The lowest BCUT2D eigenvalue weighted by Crippen LogP contribution is -2.48. The van der Waals surface area contributed by atoms with Crippen LogP contribution in [0.2, 0.25) is 0 Å². The van der Waals surface area contributed by atoms with E-state index < -0.39 is 12.0 Å². The van der Waals surface area contributed by atoms with Gasteiger partial charge in [-0.25, -0.2) is 4.79 Å². The number of hydrogen-bond acceptors (Lipinski definition) is 2. The van der Waals surface area contributed by atoms with E-state index in [9.17, 15) is 14.7 Å². The normalized spacial score (nSPS) is 19.0. The molecule has 20 heavy (non-hydrogen) atoms. The molecule has 4 heteroatoms. The summed E-state index contributed by atoms with van der Waals surface area (Å²) in [6.45, 7) is 6.27. The Balaban J connectivity index is 2.71. The highest BCUT2D eigenvalue weighted by atomic mass is 16.4. The minimum atomic E-state index is -0.913. The maximum Gasteiger partial charge on any atom is 0.326 e. The fourth-order valence-electron chi connectivity index (χ4n) is 3.33. The zero-order chi connectivity index (χ0) is 15.2. The van der Waals surface area contributed by atoms with Crippen molar-refractivity contribution in [1.29, 1.82) is 0 Å². The fraction of sp³-hybridized carbons (Fsp3) is 0.875. The van der Waals surface area contributed by atoms with Crippen LogP contribution in [0.25, 0.3) is 0 Å². The first kappa shape index (κ1) is 17.0. The van der Waals surface area contributed by atoms with E-state index in [1.165, 1.54) is 0 Å². The van der Waals surface area contributed by atoms with E-state index in [0.29, 0.717) is 12.3 Å². The zero-order valence-electron chi connectivity index (χ0n) is 13.1. The summed E-state index contributed by atoms with van der Waals surface area (Å²) in [6, 6.07) is -0.730. The first-order valence-corrected chi connectivity index (χ1v) is 7.95. The van der Waals surface area contributed by atoms with Crippen molar-refractivity contribution in [2.75, 3.05) is 0 Å². The van der Waals surface area contributed by atoms with Crippen molar-refractivity contribution < 1.29 is 14.7 Å². The van der Waals surface area contributed by atoms with Crippen LogP contribution in [0.1, 0.15) is 72.1 Å². The second-order valence-electron chi connectivity index (χ2n) is 6.59. The van der Waals surface area contributed by atoms with Crippen molar-refractivity contribution in [3.8, 4) is 0 Å². The highest BCUT2D eigenvalue weighted by Gasteiger charge is 2.42. The van der Waals surface area contributed by atoms with Gasteiger partial charge in [0, 0.05) is 5.41 Å². The van der Waals surface area contributed by atoms with Crippen LogP contribution in [0, 0.1) is 11.3 Å². The third-order valence-corrected chi connectivity index (χ3v) is 4.29. The molecule has 1 rings (SSSR count). The summed E-state index contributed by atoms with van der Waals surface area (Å²) in [5, 5.41) is 12.0. The van der Waals surface area contributed by atoms with Gasteiger partial charge in [0.1, 0.15) is 6.04 Å². The summed E-state index contributed by atoms with van der Waals surface area (Å²) in [6.07, 6.45) is 7.10. The van der Waals surface area contributed by atoms with Crippen LogP contribution < -0.4 is 5.32 Å².